The van der Waals surface area contributed by atoms with Gasteiger partial charge in [0.1, 0.15) is 5.69 Å². The van der Waals surface area contributed by atoms with Crippen LogP contribution in [0.3, 0.4) is 0 Å². The second kappa shape index (κ2) is 7.80. The van der Waals surface area contributed by atoms with E-state index in [-0.39, 0.29) is 29.3 Å². The quantitative estimate of drug-likeness (QED) is 0.586. The van der Waals surface area contributed by atoms with Crippen molar-refractivity contribution in [2.75, 3.05) is 14.2 Å². The van der Waals surface area contributed by atoms with Gasteiger partial charge < -0.3 is 18.8 Å². The van der Waals surface area contributed by atoms with E-state index in [2.05, 4.69) is 4.74 Å². The Hall–Kier alpha value is -2.31. The second-order valence-corrected chi connectivity index (χ2v) is 5.23. The highest BCUT2D eigenvalue weighted by Crippen LogP contribution is 2.26. The van der Waals surface area contributed by atoms with Crippen molar-refractivity contribution in [1.82, 2.24) is 4.57 Å². The molecule has 23 heavy (non-hydrogen) atoms. The number of carbonyl (C=O) groups excluding carboxylic acids is 3. The van der Waals surface area contributed by atoms with Crippen LogP contribution in [0.4, 0.5) is 0 Å². The zero-order valence-corrected chi connectivity index (χ0v) is 14.4. The van der Waals surface area contributed by atoms with E-state index in [9.17, 15) is 14.4 Å². The lowest BCUT2D eigenvalue weighted by Crippen LogP contribution is -2.17. The Kier molecular flexibility index (Phi) is 6.36. The first-order valence-electron chi connectivity index (χ1n) is 7.36. The van der Waals surface area contributed by atoms with Crippen LogP contribution < -0.4 is 0 Å². The molecule has 7 nitrogen and oxygen atoms in total. The first-order valence-corrected chi connectivity index (χ1v) is 7.36. The molecule has 0 N–H and O–H groups in total. The summed E-state index contributed by atoms with van der Waals surface area (Å²) in [7, 11) is 2.49. The molecule has 0 aromatic carbocycles. The van der Waals surface area contributed by atoms with Crippen LogP contribution in [-0.2, 0) is 32.0 Å². The van der Waals surface area contributed by atoms with Gasteiger partial charge in [0.25, 0.3) is 0 Å². The molecule has 0 aliphatic rings. The molecule has 0 aliphatic carbocycles. The summed E-state index contributed by atoms with van der Waals surface area (Å²) in [6.45, 7) is 7.43. The van der Waals surface area contributed by atoms with E-state index in [0.29, 0.717) is 12.2 Å². The molecule has 1 rings (SSSR count). The van der Waals surface area contributed by atoms with E-state index in [1.54, 1.807) is 25.3 Å². The summed E-state index contributed by atoms with van der Waals surface area (Å²) in [6, 6.07) is 0. The Bertz CT molecular complexity index is 615. The first kappa shape index (κ1) is 18.7. The summed E-state index contributed by atoms with van der Waals surface area (Å²) in [5, 5.41) is 0. The van der Waals surface area contributed by atoms with E-state index >= 15 is 0 Å². The monoisotopic (exact) mass is 325 g/mol. The van der Waals surface area contributed by atoms with Crippen LogP contribution >= 0.6 is 0 Å². The SMILES string of the molecule is CCn1c(C)c(C(=O)OC(C)C)c(CC(=O)OC)c1C(=O)OC. The van der Waals surface area contributed by atoms with E-state index < -0.39 is 17.9 Å². The molecule has 1 heterocycles. The van der Waals surface area contributed by atoms with Gasteiger partial charge in [-0.2, -0.15) is 0 Å². The highest BCUT2D eigenvalue weighted by atomic mass is 16.5. The van der Waals surface area contributed by atoms with Crippen LogP contribution in [0.1, 0.15) is 52.9 Å². The molecule has 128 valence electrons. The number of nitrogens with zero attached hydrogens (tertiary/aromatic N) is 1. The molecule has 1 aromatic rings. The van der Waals surface area contributed by atoms with Crippen molar-refractivity contribution in [2.24, 2.45) is 0 Å². The van der Waals surface area contributed by atoms with Crippen LogP contribution in [0, 0.1) is 6.92 Å². The lowest BCUT2D eigenvalue weighted by atomic mass is 10.1. The van der Waals surface area contributed by atoms with Gasteiger partial charge in [0, 0.05) is 17.8 Å². The normalized spacial score (nSPS) is 10.6. The molecule has 7 heteroatoms. The van der Waals surface area contributed by atoms with Crippen molar-refractivity contribution in [2.45, 2.75) is 46.8 Å². The van der Waals surface area contributed by atoms with Crippen molar-refractivity contribution < 1.29 is 28.6 Å². The average molecular weight is 325 g/mol. The molecule has 0 unspecified atom stereocenters. The lowest BCUT2D eigenvalue weighted by Gasteiger charge is -2.09. The lowest BCUT2D eigenvalue weighted by molar-refractivity contribution is -0.139. The Labute approximate surface area is 135 Å². The first-order chi connectivity index (χ1) is 10.8. The largest absolute Gasteiger partial charge is 0.469 e. The van der Waals surface area contributed by atoms with Gasteiger partial charge in [-0.3, -0.25) is 4.79 Å². The summed E-state index contributed by atoms with van der Waals surface area (Å²) in [5.41, 5.74) is 1.21. The predicted molar refractivity (Wildman–Crippen MR) is 82.5 cm³/mol. The van der Waals surface area contributed by atoms with Crippen LogP contribution in [-0.4, -0.2) is 42.8 Å². The molecular weight excluding hydrogens is 302 g/mol. The summed E-state index contributed by atoms with van der Waals surface area (Å²) in [5.74, 6) is -1.74. The van der Waals surface area contributed by atoms with Gasteiger partial charge in [-0.05, 0) is 27.7 Å². The van der Waals surface area contributed by atoms with Crippen LogP contribution in [0.2, 0.25) is 0 Å². The Morgan fingerprint density at radius 2 is 1.70 bits per heavy atom. The van der Waals surface area contributed by atoms with Crippen molar-refractivity contribution in [3.8, 4) is 0 Å². The van der Waals surface area contributed by atoms with E-state index in [4.69, 9.17) is 9.47 Å². The average Bonchev–Trinajstić information content (AvgIpc) is 2.77. The third kappa shape index (κ3) is 3.91. The van der Waals surface area contributed by atoms with Gasteiger partial charge in [-0.1, -0.05) is 0 Å². The fourth-order valence-corrected chi connectivity index (χ4v) is 2.46. The maximum absolute atomic E-state index is 12.4. The molecule has 0 atom stereocenters. The van der Waals surface area contributed by atoms with Crippen LogP contribution in [0.5, 0.6) is 0 Å². The summed E-state index contributed by atoms with van der Waals surface area (Å²) >= 11 is 0. The van der Waals surface area contributed by atoms with E-state index in [1.807, 2.05) is 6.92 Å². The molecular formula is C16H23NO6. The number of hydrogen-bond donors (Lipinski definition) is 0. The standard InChI is InChI=1S/C16H23NO6/c1-7-17-10(4)13(15(19)23-9(2)3)11(8-12(18)21-5)14(17)16(20)22-6/h9H,7-8H2,1-6H3. The van der Waals surface area contributed by atoms with Crippen molar-refractivity contribution >= 4 is 17.9 Å². The zero-order valence-electron chi connectivity index (χ0n) is 14.4. The van der Waals surface area contributed by atoms with Gasteiger partial charge in [0.15, 0.2) is 0 Å². The molecule has 0 amide bonds. The Balaban J connectivity index is 3.58. The second-order valence-electron chi connectivity index (χ2n) is 5.23. The van der Waals surface area contributed by atoms with Crippen molar-refractivity contribution in [3.63, 3.8) is 0 Å². The third-order valence-corrected chi connectivity index (χ3v) is 3.41. The van der Waals surface area contributed by atoms with Gasteiger partial charge in [-0.25, -0.2) is 9.59 Å². The van der Waals surface area contributed by atoms with Crippen LogP contribution in [0.25, 0.3) is 0 Å². The van der Waals surface area contributed by atoms with Gasteiger partial charge in [0.2, 0.25) is 0 Å². The Morgan fingerprint density at radius 1 is 1.09 bits per heavy atom. The molecule has 0 fully saturated rings. The Morgan fingerprint density at radius 3 is 2.13 bits per heavy atom. The molecule has 0 aliphatic heterocycles. The molecule has 0 bridgehead atoms. The van der Waals surface area contributed by atoms with Gasteiger partial charge >= 0.3 is 17.9 Å². The van der Waals surface area contributed by atoms with Crippen LogP contribution in [0.15, 0.2) is 0 Å². The third-order valence-electron chi connectivity index (χ3n) is 3.41. The molecule has 0 saturated heterocycles. The maximum atomic E-state index is 12.4. The highest BCUT2D eigenvalue weighted by molar-refractivity contribution is 6.00. The zero-order chi connectivity index (χ0) is 17.7. The minimum Gasteiger partial charge on any atom is -0.469 e. The van der Waals surface area contributed by atoms with Crippen molar-refractivity contribution in [3.05, 3.63) is 22.5 Å². The maximum Gasteiger partial charge on any atom is 0.355 e. The minimum absolute atomic E-state index is 0.175. The van der Waals surface area contributed by atoms with E-state index in [1.165, 1.54) is 14.2 Å². The van der Waals surface area contributed by atoms with Gasteiger partial charge in [0.05, 0.1) is 32.3 Å². The minimum atomic E-state index is -0.613. The summed E-state index contributed by atoms with van der Waals surface area (Å²) in [4.78, 5) is 36.3. The highest BCUT2D eigenvalue weighted by Gasteiger charge is 2.31. The summed E-state index contributed by atoms with van der Waals surface area (Å²) < 4.78 is 16.4. The number of methoxy groups -OCH3 is 2. The topological polar surface area (TPSA) is 83.8 Å². The van der Waals surface area contributed by atoms with Crippen molar-refractivity contribution in [1.29, 1.82) is 0 Å². The number of aromatic nitrogens is 1. The summed E-state index contributed by atoms with van der Waals surface area (Å²) in [6.07, 6.45) is -0.531. The predicted octanol–water partition coefficient (Wildman–Crippen LogP) is 1.88. The smallest absolute Gasteiger partial charge is 0.355 e. The number of esters is 3. The fraction of sp³-hybridized carbons (Fsp3) is 0.562. The molecule has 1 aromatic heterocycles. The number of ether oxygens (including phenoxy) is 3. The number of carbonyl (C=O) groups is 3. The molecule has 0 saturated carbocycles. The fourth-order valence-electron chi connectivity index (χ4n) is 2.46. The van der Waals surface area contributed by atoms with E-state index in [0.717, 1.165) is 0 Å². The van der Waals surface area contributed by atoms with Gasteiger partial charge in [-0.15, -0.1) is 0 Å². The molecule has 0 spiro atoms. The molecule has 0 radical (unpaired) electrons. The number of rotatable bonds is 6. The number of hydrogen-bond acceptors (Lipinski definition) is 6.